The molecule has 3 heterocycles. The van der Waals surface area contributed by atoms with Gasteiger partial charge in [0.05, 0.1) is 11.7 Å². The maximum absolute atomic E-state index is 14.7. The third-order valence-corrected chi connectivity index (χ3v) is 4.62. The molecule has 0 spiro atoms. The summed E-state index contributed by atoms with van der Waals surface area (Å²) in [6.45, 7) is 5.74. The predicted octanol–water partition coefficient (Wildman–Crippen LogP) is 4.61. The summed E-state index contributed by atoms with van der Waals surface area (Å²) in [5.41, 5.74) is 1.44. The van der Waals surface area contributed by atoms with Gasteiger partial charge in [-0.25, -0.2) is 28.7 Å². The number of hydrogen-bond acceptors (Lipinski definition) is 6. The Kier molecular flexibility index (Phi) is 4.94. The van der Waals surface area contributed by atoms with Crippen LogP contribution < -0.4 is 5.32 Å². The van der Waals surface area contributed by atoms with Crippen LogP contribution in [0.3, 0.4) is 0 Å². The molecule has 0 aliphatic carbocycles. The molecule has 1 aromatic carbocycles. The fourth-order valence-corrected chi connectivity index (χ4v) is 3.35. The van der Waals surface area contributed by atoms with E-state index in [4.69, 9.17) is 0 Å². The number of pyridine rings is 1. The molecule has 0 fully saturated rings. The highest BCUT2D eigenvalue weighted by atomic mass is 19.1. The van der Waals surface area contributed by atoms with Crippen LogP contribution in [0, 0.1) is 18.6 Å². The Morgan fingerprint density at radius 3 is 2.53 bits per heavy atom. The van der Waals surface area contributed by atoms with Crippen LogP contribution in [0.2, 0.25) is 0 Å². The first-order valence-corrected chi connectivity index (χ1v) is 9.26. The summed E-state index contributed by atoms with van der Waals surface area (Å²) in [4.78, 5) is 27.2. The summed E-state index contributed by atoms with van der Waals surface area (Å²) in [6.07, 6.45) is 3.08. The molecule has 0 unspecified atom stereocenters. The summed E-state index contributed by atoms with van der Waals surface area (Å²) in [6, 6.07) is 6.09. The third-order valence-electron chi connectivity index (χ3n) is 4.62. The normalized spacial score (nSPS) is 11.3. The molecule has 0 amide bonds. The molecule has 4 rings (SSSR count). The van der Waals surface area contributed by atoms with E-state index in [9.17, 15) is 13.6 Å². The standard InChI is InChI=1S/C21H18F2N6O/c1-11(2)29-12(3)26-20-15(22)6-14(7-17(20)29)19-16(23)9-25-21(28-19)27-18-5-4-13(10-30)8-24-18/h4-11H,1-3H3,(H,24,25,27,28). The van der Waals surface area contributed by atoms with Gasteiger partial charge in [-0.2, -0.15) is 0 Å². The molecule has 0 bridgehead atoms. The van der Waals surface area contributed by atoms with E-state index < -0.39 is 11.6 Å². The van der Waals surface area contributed by atoms with Crippen LogP contribution in [-0.4, -0.2) is 30.8 Å². The average Bonchev–Trinajstić information content (AvgIpc) is 3.06. The number of carbonyl (C=O) groups is 1. The second kappa shape index (κ2) is 7.58. The lowest BCUT2D eigenvalue weighted by molar-refractivity contribution is 0.112. The molecular formula is C21H18F2N6O. The van der Waals surface area contributed by atoms with Gasteiger partial charge in [-0.15, -0.1) is 0 Å². The monoisotopic (exact) mass is 408 g/mol. The van der Waals surface area contributed by atoms with Gasteiger partial charge in [0.15, 0.2) is 17.9 Å². The van der Waals surface area contributed by atoms with E-state index in [-0.39, 0.29) is 28.8 Å². The number of anilines is 2. The minimum atomic E-state index is -0.684. The fraction of sp³-hybridized carbons (Fsp3) is 0.190. The number of aldehydes is 1. The average molecular weight is 408 g/mol. The van der Waals surface area contributed by atoms with E-state index >= 15 is 0 Å². The SMILES string of the molecule is Cc1nc2c(F)cc(-c3nc(Nc4ccc(C=O)cn4)ncc3F)cc2n1C(C)C. The van der Waals surface area contributed by atoms with Crippen molar-refractivity contribution in [2.45, 2.75) is 26.8 Å². The number of carbonyl (C=O) groups excluding carboxylic acids is 1. The van der Waals surface area contributed by atoms with Crippen LogP contribution in [-0.2, 0) is 0 Å². The zero-order valence-corrected chi connectivity index (χ0v) is 16.5. The number of aryl methyl sites for hydroxylation is 1. The molecule has 0 aliphatic rings. The number of rotatable bonds is 5. The van der Waals surface area contributed by atoms with Crippen LogP contribution in [0.25, 0.3) is 22.3 Å². The van der Waals surface area contributed by atoms with E-state index in [1.165, 1.54) is 12.3 Å². The number of aromatic nitrogens is 5. The summed E-state index contributed by atoms with van der Waals surface area (Å²) < 4.78 is 31.2. The maximum atomic E-state index is 14.7. The third kappa shape index (κ3) is 3.49. The fourth-order valence-electron chi connectivity index (χ4n) is 3.35. The minimum absolute atomic E-state index is 0.0491. The van der Waals surface area contributed by atoms with Gasteiger partial charge < -0.3 is 9.88 Å². The van der Waals surface area contributed by atoms with Crippen molar-refractivity contribution in [3.63, 3.8) is 0 Å². The van der Waals surface area contributed by atoms with Gasteiger partial charge in [-0.3, -0.25) is 4.79 Å². The lowest BCUT2D eigenvalue weighted by atomic mass is 10.1. The molecule has 3 aromatic heterocycles. The number of imidazole rings is 1. The molecule has 7 nitrogen and oxygen atoms in total. The molecule has 0 saturated heterocycles. The van der Waals surface area contributed by atoms with Crippen molar-refractivity contribution in [1.29, 1.82) is 0 Å². The van der Waals surface area contributed by atoms with Crippen molar-refractivity contribution in [2.75, 3.05) is 5.32 Å². The van der Waals surface area contributed by atoms with Crippen LogP contribution in [0.1, 0.15) is 36.1 Å². The molecule has 0 atom stereocenters. The molecule has 4 aromatic rings. The Morgan fingerprint density at radius 2 is 1.87 bits per heavy atom. The van der Waals surface area contributed by atoms with Crippen molar-refractivity contribution in [2.24, 2.45) is 0 Å². The molecular weight excluding hydrogens is 390 g/mol. The second-order valence-corrected chi connectivity index (χ2v) is 7.06. The van der Waals surface area contributed by atoms with E-state index in [2.05, 4.69) is 25.3 Å². The Hall–Kier alpha value is -3.75. The van der Waals surface area contributed by atoms with Gasteiger partial charge in [-0.05, 0) is 45.0 Å². The lowest BCUT2D eigenvalue weighted by Crippen LogP contribution is -2.04. The lowest BCUT2D eigenvalue weighted by Gasteiger charge is -2.12. The smallest absolute Gasteiger partial charge is 0.229 e. The highest BCUT2D eigenvalue weighted by molar-refractivity contribution is 5.83. The van der Waals surface area contributed by atoms with Gasteiger partial charge in [0.2, 0.25) is 5.95 Å². The summed E-state index contributed by atoms with van der Waals surface area (Å²) in [7, 11) is 0. The van der Waals surface area contributed by atoms with E-state index in [0.717, 1.165) is 6.20 Å². The topological polar surface area (TPSA) is 85.6 Å². The number of halogens is 2. The zero-order chi connectivity index (χ0) is 21.4. The quantitative estimate of drug-likeness (QED) is 0.485. The van der Waals surface area contributed by atoms with Crippen LogP contribution in [0.15, 0.2) is 36.7 Å². The van der Waals surface area contributed by atoms with Crippen molar-refractivity contribution in [3.05, 3.63) is 59.7 Å². The summed E-state index contributed by atoms with van der Waals surface area (Å²) in [5, 5.41) is 2.85. The number of nitrogens with zero attached hydrogens (tertiary/aromatic N) is 5. The van der Waals surface area contributed by atoms with E-state index in [0.29, 0.717) is 29.0 Å². The van der Waals surface area contributed by atoms with Gasteiger partial charge in [0.25, 0.3) is 0 Å². The minimum Gasteiger partial charge on any atom is -0.326 e. The predicted molar refractivity (Wildman–Crippen MR) is 109 cm³/mol. The molecule has 0 saturated carbocycles. The Labute approximate surface area is 170 Å². The highest BCUT2D eigenvalue weighted by Crippen LogP contribution is 2.30. The van der Waals surface area contributed by atoms with Gasteiger partial charge in [0, 0.05) is 23.4 Å². The Morgan fingerprint density at radius 1 is 1.07 bits per heavy atom. The van der Waals surface area contributed by atoms with Crippen LogP contribution in [0.4, 0.5) is 20.5 Å². The summed E-state index contributed by atoms with van der Waals surface area (Å²) >= 11 is 0. The highest BCUT2D eigenvalue weighted by Gasteiger charge is 2.18. The number of fused-ring (bicyclic) bond motifs is 1. The largest absolute Gasteiger partial charge is 0.326 e. The first-order valence-electron chi connectivity index (χ1n) is 9.26. The molecule has 9 heteroatoms. The number of hydrogen-bond donors (Lipinski definition) is 1. The van der Waals surface area contributed by atoms with Gasteiger partial charge >= 0.3 is 0 Å². The number of nitrogens with one attached hydrogen (secondary N) is 1. The van der Waals surface area contributed by atoms with Crippen LogP contribution in [0.5, 0.6) is 0 Å². The molecule has 152 valence electrons. The first kappa shape index (κ1) is 19.6. The Bertz CT molecular complexity index is 1250. The number of benzene rings is 1. The van der Waals surface area contributed by atoms with Crippen molar-refractivity contribution in [3.8, 4) is 11.3 Å². The van der Waals surface area contributed by atoms with Crippen molar-refractivity contribution >= 4 is 29.1 Å². The van der Waals surface area contributed by atoms with Crippen molar-refractivity contribution < 1.29 is 13.6 Å². The molecule has 30 heavy (non-hydrogen) atoms. The van der Waals surface area contributed by atoms with Gasteiger partial charge in [-0.1, -0.05) is 0 Å². The first-order chi connectivity index (χ1) is 14.4. The summed E-state index contributed by atoms with van der Waals surface area (Å²) in [5.74, 6) is -0.0916. The van der Waals surface area contributed by atoms with Gasteiger partial charge in [0.1, 0.15) is 22.9 Å². The molecule has 0 aliphatic heterocycles. The maximum Gasteiger partial charge on any atom is 0.229 e. The molecule has 1 N–H and O–H groups in total. The van der Waals surface area contributed by atoms with Crippen molar-refractivity contribution in [1.82, 2.24) is 24.5 Å². The zero-order valence-electron chi connectivity index (χ0n) is 16.5. The van der Waals surface area contributed by atoms with E-state index in [1.54, 1.807) is 25.1 Å². The molecule has 0 radical (unpaired) electrons. The van der Waals surface area contributed by atoms with Crippen LogP contribution >= 0.6 is 0 Å². The second-order valence-electron chi connectivity index (χ2n) is 7.06. The Balaban J connectivity index is 1.78. The van der Waals surface area contributed by atoms with E-state index in [1.807, 2.05) is 18.4 Å².